The van der Waals surface area contributed by atoms with Crippen molar-refractivity contribution < 1.29 is 26.7 Å². The van der Waals surface area contributed by atoms with Crippen LogP contribution in [0, 0.1) is 11.6 Å². The summed E-state index contributed by atoms with van der Waals surface area (Å²) in [7, 11) is -4.51. The van der Waals surface area contributed by atoms with Crippen LogP contribution in [-0.2, 0) is 21.4 Å². The molecule has 4 rings (SSSR count). The highest BCUT2D eigenvalue weighted by Gasteiger charge is 2.29. The zero-order valence-corrected chi connectivity index (χ0v) is 24.0. The zero-order chi connectivity index (χ0) is 29.1. The molecule has 0 aliphatic carbocycles. The molecule has 0 saturated carbocycles. The van der Waals surface area contributed by atoms with Gasteiger partial charge in [-0.3, -0.25) is 4.79 Å². The Morgan fingerprint density at radius 3 is 2.50 bits per heavy atom. The lowest BCUT2D eigenvalue weighted by Gasteiger charge is -2.28. The van der Waals surface area contributed by atoms with E-state index in [9.17, 15) is 22.0 Å². The predicted octanol–water partition coefficient (Wildman–Crippen LogP) is 5.56. The molecule has 1 heterocycles. The molecule has 7 nitrogen and oxygen atoms in total. The van der Waals surface area contributed by atoms with Crippen LogP contribution >= 0.6 is 11.6 Å². The lowest BCUT2D eigenvalue weighted by atomic mass is 9.97. The minimum Gasteiger partial charge on any atom is -0.493 e. The van der Waals surface area contributed by atoms with E-state index in [0.29, 0.717) is 43.0 Å². The molecule has 2 atom stereocenters. The van der Waals surface area contributed by atoms with Gasteiger partial charge < -0.3 is 15.4 Å². The number of carbonyl (C=O) groups excluding carboxylic acids is 1. The third-order valence-electron chi connectivity index (χ3n) is 6.43. The van der Waals surface area contributed by atoms with Crippen LogP contribution in [0.5, 0.6) is 5.75 Å². The molecule has 3 N–H and O–H groups in total. The number of ether oxygens (including phenoxy) is 1. The lowest BCUT2D eigenvalue weighted by molar-refractivity contribution is -0.122. The van der Waals surface area contributed by atoms with Crippen LogP contribution in [0.4, 0.5) is 8.78 Å². The van der Waals surface area contributed by atoms with Crippen molar-refractivity contribution >= 4 is 27.5 Å². The molecule has 3 aromatic rings. The van der Waals surface area contributed by atoms with Crippen molar-refractivity contribution in [3.8, 4) is 5.75 Å². The zero-order valence-electron chi connectivity index (χ0n) is 22.4. The number of rotatable bonds is 9. The fourth-order valence-corrected chi connectivity index (χ4v) is 5.91. The molecule has 40 heavy (non-hydrogen) atoms. The monoisotopic (exact) mass is 591 g/mol. The summed E-state index contributed by atoms with van der Waals surface area (Å²) in [6.45, 7) is 7.33. The average Bonchev–Trinajstić information content (AvgIpc) is 2.89. The van der Waals surface area contributed by atoms with E-state index < -0.39 is 43.5 Å². The molecule has 1 amide bonds. The van der Waals surface area contributed by atoms with Crippen LogP contribution in [0.1, 0.15) is 62.4 Å². The van der Waals surface area contributed by atoms with Crippen molar-refractivity contribution in [3.05, 3.63) is 94.0 Å². The van der Waals surface area contributed by atoms with Crippen molar-refractivity contribution in [3.63, 3.8) is 0 Å². The number of benzene rings is 3. The first kappa shape index (κ1) is 29.9. The number of hydrogen-bond acceptors (Lipinski definition) is 5. The Labute approximate surface area is 238 Å². The second kappa shape index (κ2) is 12.2. The van der Waals surface area contributed by atoms with Gasteiger partial charge in [0.05, 0.1) is 23.7 Å². The summed E-state index contributed by atoms with van der Waals surface area (Å²) in [5.41, 5.74) is 2.34. The van der Waals surface area contributed by atoms with Crippen molar-refractivity contribution in [1.29, 1.82) is 0 Å². The van der Waals surface area contributed by atoms with E-state index in [1.54, 1.807) is 30.3 Å². The summed E-state index contributed by atoms with van der Waals surface area (Å²) in [6, 6.07) is 14.1. The van der Waals surface area contributed by atoms with Crippen LogP contribution < -0.4 is 20.1 Å². The highest BCUT2D eigenvalue weighted by molar-refractivity contribution is 7.89. The smallest absolute Gasteiger partial charge is 0.244 e. The number of amides is 1. The Morgan fingerprint density at radius 1 is 1.07 bits per heavy atom. The summed E-state index contributed by atoms with van der Waals surface area (Å²) in [5.74, 6) is -2.09. The number of sulfonamides is 1. The van der Waals surface area contributed by atoms with E-state index in [1.807, 2.05) is 18.2 Å². The third-order valence-corrected chi connectivity index (χ3v) is 8.21. The largest absolute Gasteiger partial charge is 0.493 e. The molecule has 1 aliphatic rings. The Morgan fingerprint density at radius 2 is 1.80 bits per heavy atom. The SMILES string of the molecule is CC(C)(C)NCc1ccc2c(c1)OCC[C@H]2NC(=O)C[C@@H](NS(=O)(=O)c1cc(Cl)c(F)cc1F)c1ccccc1. The van der Waals surface area contributed by atoms with Crippen LogP contribution in [0.15, 0.2) is 65.6 Å². The summed E-state index contributed by atoms with van der Waals surface area (Å²) in [6.07, 6.45) is 0.277. The van der Waals surface area contributed by atoms with E-state index in [1.165, 1.54) is 0 Å². The van der Waals surface area contributed by atoms with E-state index in [-0.39, 0.29) is 18.0 Å². The molecule has 214 valence electrons. The lowest BCUT2D eigenvalue weighted by Crippen LogP contribution is -2.37. The summed E-state index contributed by atoms with van der Waals surface area (Å²) < 4.78 is 62.5. The van der Waals surface area contributed by atoms with Gasteiger partial charge in [0, 0.05) is 36.6 Å². The van der Waals surface area contributed by atoms with Crippen molar-refractivity contribution in [2.75, 3.05) is 6.61 Å². The van der Waals surface area contributed by atoms with Gasteiger partial charge in [0.15, 0.2) is 0 Å². The number of hydrogen-bond donors (Lipinski definition) is 3. The predicted molar refractivity (Wildman–Crippen MR) is 150 cm³/mol. The first-order valence-electron chi connectivity index (χ1n) is 12.8. The standard InChI is InChI=1S/C29H32ClF2N3O4S/c1-29(2,3)33-17-18-9-10-20-24(11-12-39-26(20)13-18)34-28(36)16-25(19-7-5-4-6-8-19)35-40(37,38)27-14-21(30)22(31)15-23(27)32/h4-10,13-15,24-25,33,35H,11-12,16-17H2,1-3H3,(H,34,36)/t24-,25-/m1/s1. The minimum atomic E-state index is -4.51. The maximum absolute atomic E-state index is 14.4. The quantitative estimate of drug-likeness (QED) is 0.283. The maximum atomic E-state index is 14.4. The van der Waals surface area contributed by atoms with E-state index in [4.69, 9.17) is 16.3 Å². The van der Waals surface area contributed by atoms with Crippen LogP contribution in [0.25, 0.3) is 0 Å². The van der Waals surface area contributed by atoms with Gasteiger partial charge in [0.1, 0.15) is 22.3 Å². The fourth-order valence-electron chi connectivity index (χ4n) is 4.37. The first-order chi connectivity index (χ1) is 18.8. The molecule has 0 aromatic heterocycles. The molecule has 3 aromatic carbocycles. The van der Waals surface area contributed by atoms with Crippen LogP contribution in [0.2, 0.25) is 5.02 Å². The molecule has 0 fully saturated rings. The Balaban J connectivity index is 1.52. The fraction of sp³-hybridized carbons (Fsp3) is 0.345. The van der Waals surface area contributed by atoms with Gasteiger partial charge >= 0.3 is 0 Å². The van der Waals surface area contributed by atoms with Gasteiger partial charge in [-0.05, 0) is 44.0 Å². The average molecular weight is 592 g/mol. The molecule has 0 saturated heterocycles. The molecule has 0 spiro atoms. The van der Waals surface area contributed by atoms with Gasteiger partial charge in [-0.1, -0.05) is 54.1 Å². The normalized spacial score (nSPS) is 16.1. The molecular weight excluding hydrogens is 560 g/mol. The molecular formula is C29H32ClF2N3O4S. The number of halogens is 3. The molecule has 11 heteroatoms. The van der Waals surface area contributed by atoms with Gasteiger partial charge in [-0.2, -0.15) is 0 Å². The number of carbonyl (C=O) groups is 1. The van der Waals surface area contributed by atoms with Crippen molar-refractivity contribution in [2.45, 2.75) is 62.7 Å². The van der Waals surface area contributed by atoms with E-state index in [0.717, 1.165) is 11.1 Å². The van der Waals surface area contributed by atoms with Gasteiger partial charge in [0.25, 0.3) is 0 Å². The summed E-state index contributed by atoms with van der Waals surface area (Å²) in [5, 5.41) is 5.89. The summed E-state index contributed by atoms with van der Waals surface area (Å²) in [4.78, 5) is 12.4. The van der Waals surface area contributed by atoms with Gasteiger partial charge in [-0.25, -0.2) is 21.9 Å². The highest BCUT2D eigenvalue weighted by atomic mass is 35.5. The van der Waals surface area contributed by atoms with Gasteiger partial charge in [-0.15, -0.1) is 0 Å². The van der Waals surface area contributed by atoms with Crippen molar-refractivity contribution in [2.24, 2.45) is 0 Å². The highest BCUT2D eigenvalue weighted by Crippen LogP contribution is 2.33. The number of nitrogens with one attached hydrogen (secondary N) is 3. The van der Waals surface area contributed by atoms with E-state index >= 15 is 0 Å². The minimum absolute atomic E-state index is 0.0428. The number of fused-ring (bicyclic) bond motifs is 1. The second-order valence-corrected chi connectivity index (χ2v) is 12.8. The Hall–Kier alpha value is -3.05. The molecule has 0 radical (unpaired) electrons. The van der Waals surface area contributed by atoms with E-state index in [2.05, 4.69) is 36.1 Å². The molecule has 1 aliphatic heterocycles. The van der Waals surface area contributed by atoms with Crippen LogP contribution in [-0.4, -0.2) is 26.5 Å². The van der Waals surface area contributed by atoms with Crippen LogP contribution in [0.3, 0.4) is 0 Å². The third kappa shape index (κ3) is 7.57. The summed E-state index contributed by atoms with van der Waals surface area (Å²) >= 11 is 5.71. The second-order valence-electron chi connectivity index (χ2n) is 10.7. The topological polar surface area (TPSA) is 96.5 Å². The first-order valence-corrected chi connectivity index (χ1v) is 14.7. The Bertz CT molecular complexity index is 1480. The Kier molecular flexibility index (Phi) is 9.14. The van der Waals surface area contributed by atoms with Gasteiger partial charge in [0.2, 0.25) is 15.9 Å². The molecule has 0 bridgehead atoms. The molecule has 0 unspecified atom stereocenters. The van der Waals surface area contributed by atoms with Crippen molar-refractivity contribution in [1.82, 2.24) is 15.4 Å². The maximum Gasteiger partial charge on any atom is 0.244 e.